The number of halogens is 1. The maximum absolute atomic E-state index is 12.3. The lowest BCUT2D eigenvalue weighted by atomic mass is 10.2. The largest absolute Gasteiger partial charge is 0.492 e. The molecule has 0 bridgehead atoms. The van der Waals surface area contributed by atoms with E-state index in [1.807, 2.05) is 0 Å². The van der Waals surface area contributed by atoms with Crippen molar-refractivity contribution in [1.82, 2.24) is 0 Å². The summed E-state index contributed by atoms with van der Waals surface area (Å²) in [5.41, 5.74) is 0.238. The molecule has 0 aromatic heterocycles. The Bertz CT molecular complexity index is 773. The fourth-order valence-electron chi connectivity index (χ4n) is 2.35. The highest BCUT2D eigenvalue weighted by Gasteiger charge is 2.16. The Morgan fingerprint density at radius 3 is 2.50 bits per heavy atom. The van der Waals surface area contributed by atoms with E-state index in [9.17, 15) is 9.59 Å². The van der Waals surface area contributed by atoms with Crippen molar-refractivity contribution in [3.63, 3.8) is 0 Å². The summed E-state index contributed by atoms with van der Waals surface area (Å²) < 4.78 is 11.6. The molecular formula is C20H21BrO5. The van der Waals surface area contributed by atoms with Gasteiger partial charge >= 0.3 is 11.9 Å². The first kappa shape index (κ1) is 20.0. The first-order valence-corrected chi connectivity index (χ1v) is 9.29. The summed E-state index contributed by atoms with van der Waals surface area (Å²) in [5.74, 6) is -1.11. The van der Waals surface area contributed by atoms with Crippen LogP contribution < -0.4 is 9.47 Å². The molecule has 2 rings (SSSR count). The van der Waals surface area contributed by atoms with E-state index in [4.69, 9.17) is 14.6 Å². The summed E-state index contributed by atoms with van der Waals surface area (Å²) in [6.45, 7) is 2.78. The molecule has 0 heterocycles. The molecule has 0 saturated carbocycles. The molecule has 2 aromatic carbocycles. The number of carboxylic acids is 1. The van der Waals surface area contributed by atoms with Crippen LogP contribution in [0.2, 0.25) is 0 Å². The molecule has 0 fully saturated rings. The number of carboxylic acid groups (broad SMARTS) is 1. The molecular weight excluding hydrogens is 400 g/mol. The first-order valence-electron chi connectivity index (χ1n) is 8.49. The minimum atomic E-state index is -1.15. The van der Waals surface area contributed by atoms with E-state index >= 15 is 0 Å². The highest BCUT2D eigenvalue weighted by atomic mass is 79.9. The van der Waals surface area contributed by atoms with E-state index < -0.39 is 11.9 Å². The van der Waals surface area contributed by atoms with Gasteiger partial charge in [0, 0.05) is 0 Å². The Kier molecular flexibility index (Phi) is 7.66. The average molecular weight is 421 g/mol. The van der Waals surface area contributed by atoms with Gasteiger partial charge in [-0.25, -0.2) is 9.59 Å². The molecule has 5 nitrogen and oxygen atoms in total. The van der Waals surface area contributed by atoms with E-state index in [0.29, 0.717) is 22.4 Å². The number of hydrogen-bond donors (Lipinski definition) is 1. The molecule has 0 aliphatic heterocycles. The molecule has 6 heteroatoms. The zero-order chi connectivity index (χ0) is 18.9. The van der Waals surface area contributed by atoms with E-state index in [-0.39, 0.29) is 11.3 Å². The van der Waals surface area contributed by atoms with Crippen LogP contribution in [0.1, 0.15) is 53.3 Å². The van der Waals surface area contributed by atoms with Crippen molar-refractivity contribution in [1.29, 1.82) is 0 Å². The standard InChI is InChI=1S/C20H21BrO5/c1-2-3-4-7-12-25-18-11-10-14(13-16(18)21)20(24)26-17-9-6-5-8-15(17)19(22)23/h5-6,8-11,13H,2-4,7,12H2,1H3,(H,22,23). The highest BCUT2D eigenvalue weighted by molar-refractivity contribution is 9.10. The summed E-state index contributed by atoms with van der Waals surface area (Å²) >= 11 is 3.39. The van der Waals surface area contributed by atoms with Gasteiger partial charge in [0.1, 0.15) is 17.1 Å². The van der Waals surface area contributed by atoms with Crippen molar-refractivity contribution >= 4 is 27.9 Å². The van der Waals surface area contributed by atoms with Crippen molar-refractivity contribution in [3.8, 4) is 11.5 Å². The number of para-hydroxylation sites is 1. The number of benzene rings is 2. The smallest absolute Gasteiger partial charge is 0.343 e. The van der Waals surface area contributed by atoms with Gasteiger partial charge in [-0.05, 0) is 52.7 Å². The predicted octanol–water partition coefficient (Wildman–Crippen LogP) is 5.33. The molecule has 2 aromatic rings. The van der Waals surface area contributed by atoms with E-state index in [1.54, 1.807) is 30.3 Å². The number of unbranched alkanes of at least 4 members (excludes halogenated alkanes) is 3. The van der Waals surface area contributed by atoms with Gasteiger partial charge in [0.15, 0.2) is 0 Å². The van der Waals surface area contributed by atoms with E-state index in [0.717, 1.165) is 12.8 Å². The second kappa shape index (κ2) is 9.97. The third-order valence-electron chi connectivity index (χ3n) is 3.74. The second-order valence-corrected chi connectivity index (χ2v) is 6.60. The maximum Gasteiger partial charge on any atom is 0.343 e. The van der Waals surface area contributed by atoms with Crippen LogP contribution in [0.25, 0.3) is 0 Å². The van der Waals surface area contributed by atoms with Gasteiger partial charge in [-0.2, -0.15) is 0 Å². The topological polar surface area (TPSA) is 72.8 Å². The Balaban J connectivity index is 2.02. The molecule has 26 heavy (non-hydrogen) atoms. The summed E-state index contributed by atoms with van der Waals surface area (Å²) in [6, 6.07) is 10.9. The number of rotatable bonds is 9. The minimum Gasteiger partial charge on any atom is -0.492 e. The molecule has 0 radical (unpaired) electrons. The van der Waals surface area contributed by atoms with Crippen molar-refractivity contribution < 1.29 is 24.2 Å². The number of esters is 1. The molecule has 0 atom stereocenters. The van der Waals surface area contributed by atoms with Crippen LogP contribution in [0.15, 0.2) is 46.9 Å². The average Bonchev–Trinajstić information content (AvgIpc) is 2.63. The van der Waals surface area contributed by atoms with Gasteiger partial charge in [0.05, 0.1) is 16.6 Å². The van der Waals surface area contributed by atoms with Crippen LogP contribution in [-0.2, 0) is 0 Å². The van der Waals surface area contributed by atoms with Crippen molar-refractivity contribution in [2.24, 2.45) is 0 Å². The number of aromatic carboxylic acids is 1. The molecule has 1 N–H and O–H groups in total. The number of carbonyl (C=O) groups excluding carboxylic acids is 1. The van der Waals surface area contributed by atoms with Crippen LogP contribution in [0.4, 0.5) is 0 Å². The monoisotopic (exact) mass is 420 g/mol. The molecule has 0 aliphatic carbocycles. The van der Waals surface area contributed by atoms with Gasteiger partial charge < -0.3 is 14.6 Å². The maximum atomic E-state index is 12.3. The van der Waals surface area contributed by atoms with E-state index in [2.05, 4.69) is 22.9 Å². The van der Waals surface area contributed by atoms with E-state index in [1.165, 1.54) is 25.0 Å². The molecule has 0 unspecified atom stereocenters. The van der Waals surface area contributed by atoms with Crippen molar-refractivity contribution in [2.75, 3.05) is 6.61 Å². The zero-order valence-corrected chi connectivity index (χ0v) is 16.1. The fourth-order valence-corrected chi connectivity index (χ4v) is 2.84. The van der Waals surface area contributed by atoms with Gasteiger partial charge in [-0.3, -0.25) is 0 Å². The third kappa shape index (κ3) is 5.59. The summed E-state index contributed by atoms with van der Waals surface area (Å²) in [4.78, 5) is 23.5. The Morgan fingerprint density at radius 1 is 1.04 bits per heavy atom. The third-order valence-corrected chi connectivity index (χ3v) is 4.36. The zero-order valence-electron chi connectivity index (χ0n) is 14.5. The number of hydrogen-bond acceptors (Lipinski definition) is 4. The molecule has 138 valence electrons. The predicted molar refractivity (Wildman–Crippen MR) is 102 cm³/mol. The molecule has 0 spiro atoms. The summed E-state index contributed by atoms with van der Waals surface area (Å²) in [5, 5.41) is 9.15. The van der Waals surface area contributed by atoms with Gasteiger partial charge in [-0.15, -0.1) is 0 Å². The van der Waals surface area contributed by atoms with Crippen LogP contribution in [0.5, 0.6) is 11.5 Å². The van der Waals surface area contributed by atoms with Crippen LogP contribution in [0, 0.1) is 0 Å². The summed E-state index contributed by atoms with van der Waals surface area (Å²) in [7, 11) is 0. The van der Waals surface area contributed by atoms with Gasteiger partial charge in [0.2, 0.25) is 0 Å². The quantitative estimate of drug-likeness (QED) is 0.337. The van der Waals surface area contributed by atoms with Crippen LogP contribution >= 0.6 is 15.9 Å². The first-order chi connectivity index (χ1) is 12.5. The lowest BCUT2D eigenvalue weighted by molar-refractivity contribution is 0.0681. The van der Waals surface area contributed by atoms with Crippen molar-refractivity contribution in [3.05, 3.63) is 58.1 Å². The Morgan fingerprint density at radius 2 is 1.81 bits per heavy atom. The molecule has 0 amide bonds. The minimum absolute atomic E-state index is 0.0115. The fraction of sp³-hybridized carbons (Fsp3) is 0.300. The van der Waals surface area contributed by atoms with Crippen LogP contribution in [-0.4, -0.2) is 23.7 Å². The lowest BCUT2D eigenvalue weighted by Crippen LogP contribution is -2.11. The van der Waals surface area contributed by atoms with Crippen LogP contribution in [0.3, 0.4) is 0 Å². The number of ether oxygens (including phenoxy) is 2. The Hall–Kier alpha value is -2.34. The SMILES string of the molecule is CCCCCCOc1ccc(C(=O)Oc2ccccc2C(=O)O)cc1Br. The highest BCUT2D eigenvalue weighted by Crippen LogP contribution is 2.27. The second-order valence-electron chi connectivity index (χ2n) is 5.75. The van der Waals surface area contributed by atoms with Gasteiger partial charge in [-0.1, -0.05) is 38.3 Å². The Labute approximate surface area is 161 Å². The molecule has 0 saturated heterocycles. The normalized spacial score (nSPS) is 10.4. The van der Waals surface area contributed by atoms with Gasteiger partial charge in [0.25, 0.3) is 0 Å². The number of carbonyl (C=O) groups is 2. The lowest BCUT2D eigenvalue weighted by Gasteiger charge is -2.10. The van der Waals surface area contributed by atoms with Crippen molar-refractivity contribution in [2.45, 2.75) is 32.6 Å². The molecule has 0 aliphatic rings. The summed E-state index contributed by atoms with van der Waals surface area (Å²) in [6.07, 6.45) is 4.47.